The zero-order valence-electron chi connectivity index (χ0n) is 16.4. The summed E-state index contributed by atoms with van der Waals surface area (Å²) in [4.78, 5) is 23.8. The number of ether oxygens (including phenoxy) is 1. The molecule has 4 rings (SSSR count). The van der Waals surface area contributed by atoms with E-state index in [0.29, 0.717) is 28.3 Å². The summed E-state index contributed by atoms with van der Waals surface area (Å²) in [5.41, 5.74) is 7.35. The first kappa shape index (κ1) is 19.8. The van der Waals surface area contributed by atoms with Crippen LogP contribution in [-0.4, -0.2) is 38.2 Å². The maximum atomic E-state index is 12.9. The average Bonchev–Trinajstić information content (AvgIpc) is 2.71. The molecule has 1 aliphatic rings. The van der Waals surface area contributed by atoms with Gasteiger partial charge >= 0.3 is 5.97 Å². The number of pyridine rings is 1. The smallest absolute Gasteiger partial charge is 0.339 e. The Labute approximate surface area is 172 Å². The standard InChI is InChI=1S/C21H22FN5O3/c1-11-17(20(28)29)19(23)18-15(26-11)3-2-4-16(18)30-14-7-5-13(6-8-14)27-21-24-9-12(22)10-25-21/h2-4,9-10,13-14H,5-8H2,1H3,(H2,23,26)(H,28,29)(H,24,25,27)/t13-,14-. The van der Waals surface area contributed by atoms with E-state index in [9.17, 15) is 14.3 Å². The molecule has 0 bridgehead atoms. The number of carboxylic acid groups (broad SMARTS) is 1. The zero-order valence-corrected chi connectivity index (χ0v) is 16.4. The van der Waals surface area contributed by atoms with E-state index < -0.39 is 11.8 Å². The number of nitrogens with zero attached hydrogens (tertiary/aromatic N) is 3. The number of carboxylic acids is 1. The normalized spacial score (nSPS) is 18.9. The molecular formula is C21H22FN5O3. The van der Waals surface area contributed by atoms with Crippen LogP contribution in [-0.2, 0) is 0 Å². The van der Waals surface area contributed by atoms with Crippen LogP contribution in [0.5, 0.6) is 5.75 Å². The number of aromatic carboxylic acids is 1. The summed E-state index contributed by atoms with van der Waals surface area (Å²) in [6.07, 6.45) is 5.50. The summed E-state index contributed by atoms with van der Waals surface area (Å²) in [5.74, 6) is -0.630. The number of benzene rings is 1. The van der Waals surface area contributed by atoms with Gasteiger partial charge in [-0.05, 0) is 44.7 Å². The average molecular weight is 411 g/mol. The van der Waals surface area contributed by atoms with Crippen molar-refractivity contribution in [2.24, 2.45) is 0 Å². The molecule has 1 fully saturated rings. The lowest BCUT2D eigenvalue weighted by Gasteiger charge is -2.30. The van der Waals surface area contributed by atoms with Gasteiger partial charge in [0.05, 0.1) is 40.8 Å². The molecule has 2 heterocycles. The van der Waals surface area contributed by atoms with Crippen LogP contribution >= 0.6 is 0 Å². The van der Waals surface area contributed by atoms with Gasteiger partial charge in [0, 0.05) is 6.04 Å². The Hall–Kier alpha value is -3.49. The van der Waals surface area contributed by atoms with E-state index >= 15 is 0 Å². The Morgan fingerprint density at radius 1 is 1.23 bits per heavy atom. The fourth-order valence-corrected chi connectivity index (χ4v) is 3.88. The zero-order chi connectivity index (χ0) is 21.3. The molecule has 4 N–H and O–H groups in total. The van der Waals surface area contributed by atoms with Crippen molar-refractivity contribution < 1.29 is 19.0 Å². The number of rotatable bonds is 5. The molecule has 0 aliphatic heterocycles. The first-order valence-electron chi connectivity index (χ1n) is 9.75. The number of aryl methyl sites for hydroxylation is 1. The van der Waals surface area contributed by atoms with E-state index in [1.165, 1.54) is 0 Å². The van der Waals surface area contributed by atoms with Gasteiger partial charge in [-0.1, -0.05) is 6.07 Å². The van der Waals surface area contributed by atoms with Crippen LogP contribution < -0.4 is 15.8 Å². The van der Waals surface area contributed by atoms with Gasteiger partial charge in [-0.2, -0.15) is 0 Å². The monoisotopic (exact) mass is 411 g/mol. The number of halogens is 1. The lowest BCUT2D eigenvalue weighted by molar-refractivity contribution is 0.0697. The second-order valence-electron chi connectivity index (χ2n) is 7.40. The molecule has 2 aromatic heterocycles. The number of nitrogens with one attached hydrogen (secondary N) is 1. The predicted molar refractivity (Wildman–Crippen MR) is 110 cm³/mol. The van der Waals surface area contributed by atoms with Crippen LogP contribution in [0.3, 0.4) is 0 Å². The van der Waals surface area contributed by atoms with Crippen molar-refractivity contribution in [3.63, 3.8) is 0 Å². The van der Waals surface area contributed by atoms with Crippen molar-refractivity contribution in [3.8, 4) is 5.75 Å². The first-order valence-corrected chi connectivity index (χ1v) is 9.75. The number of hydrogen-bond donors (Lipinski definition) is 3. The molecule has 0 spiro atoms. The van der Waals surface area contributed by atoms with E-state index in [4.69, 9.17) is 10.5 Å². The molecule has 30 heavy (non-hydrogen) atoms. The summed E-state index contributed by atoms with van der Waals surface area (Å²) >= 11 is 0. The van der Waals surface area contributed by atoms with Gasteiger partial charge in [0.15, 0.2) is 5.82 Å². The van der Waals surface area contributed by atoms with E-state index in [1.807, 2.05) is 6.07 Å². The summed E-state index contributed by atoms with van der Waals surface area (Å²) in [5, 5.41) is 13.2. The lowest BCUT2D eigenvalue weighted by atomic mass is 9.93. The molecule has 1 aliphatic carbocycles. The fourth-order valence-electron chi connectivity index (χ4n) is 3.88. The topological polar surface area (TPSA) is 123 Å². The van der Waals surface area contributed by atoms with Crippen LogP contribution in [0.15, 0.2) is 30.6 Å². The van der Waals surface area contributed by atoms with Crippen LogP contribution in [0.25, 0.3) is 10.9 Å². The molecule has 0 atom stereocenters. The number of hydrogen-bond acceptors (Lipinski definition) is 7. The van der Waals surface area contributed by atoms with Crippen molar-refractivity contribution in [2.45, 2.75) is 44.8 Å². The van der Waals surface area contributed by atoms with Crippen molar-refractivity contribution in [2.75, 3.05) is 11.1 Å². The number of nitrogens with two attached hydrogens (primary N) is 1. The van der Waals surface area contributed by atoms with Crippen LogP contribution in [0, 0.1) is 12.7 Å². The van der Waals surface area contributed by atoms with Gasteiger partial charge in [-0.3, -0.25) is 4.98 Å². The molecule has 8 nitrogen and oxygen atoms in total. The van der Waals surface area contributed by atoms with Crippen molar-refractivity contribution in [3.05, 3.63) is 47.7 Å². The Balaban J connectivity index is 1.48. The Morgan fingerprint density at radius 2 is 1.93 bits per heavy atom. The van der Waals surface area contributed by atoms with Gasteiger partial charge < -0.3 is 20.9 Å². The molecule has 0 radical (unpaired) electrons. The maximum Gasteiger partial charge on any atom is 0.339 e. The molecule has 1 saturated carbocycles. The highest BCUT2D eigenvalue weighted by molar-refractivity contribution is 6.06. The minimum Gasteiger partial charge on any atom is -0.490 e. The van der Waals surface area contributed by atoms with Gasteiger partial charge in [-0.15, -0.1) is 0 Å². The largest absolute Gasteiger partial charge is 0.490 e. The number of carbonyl (C=O) groups is 1. The molecular weight excluding hydrogens is 389 g/mol. The summed E-state index contributed by atoms with van der Waals surface area (Å²) in [6, 6.07) is 5.58. The number of aromatic nitrogens is 3. The molecule has 0 unspecified atom stereocenters. The third-order valence-corrected chi connectivity index (χ3v) is 5.33. The second kappa shape index (κ2) is 8.10. The number of anilines is 2. The molecule has 3 aromatic rings. The van der Waals surface area contributed by atoms with Crippen molar-refractivity contribution in [1.29, 1.82) is 0 Å². The molecule has 0 amide bonds. The van der Waals surface area contributed by atoms with E-state index in [-0.39, 0.29) is 23.4 Å². The highest BCUT2D eigenvalue weighted by Gasteiger charge is 2.25. The van der Waals surface area contributed by atoms with Gasteiger partial charge in [0.25, 0.3) is 0 Å². The van der Waals surface area contributed by atoms with Crippen molar-refractivity contribution in [1.82, 2.24) is 15.0 Å². The summed E-state index contributed by atoms with van der Waals surface area (Å²) in [6.45, 7) is 1.63. The van der Waals surface area contributed by atoms with Gasteiger partial charge in [0.2, 0.25) is 5.95 Å². The molecule has 0 saturated heterocycles. The minimum absolute atomic E-state index is 0.00533. The SMILES string of the molecule is Cc1nc2cccc(O[C@H]3CC[C@H](Nc4ncc(F)cn4)CC3)c2c(N)c1C(=O)O. The van der Waals surface area contributed by atoms with E-state index in [0.717, 1.165) is 38.1 Å². The molecule has 9 heteroatoms. The highest BCUT2D eigenvalue weighted by Crippen LogP contribution is 2.35. The Bertz CT molecular complexity index is 1080. The Kier molecular flexibility index (Phi) is 5.35. The number of fused-ring (bicyclic) bond motifs is 1. The van der Waals surface area contributed by atoms with E-state index in [2.05, 4.69) is 20.3 Å². The second-order valence-corrected chi connectivity index (χ2v) is 7.40. The fraction of sp³-hybridized carbons (Fsp3) is 0.333. The van der Waals surface area contributed by atoms with Crippen LogP contribution in [0.1, 0.15) is 41.7 Å². The maximum absolute atomic E-state index is 12.9. The third kappa shape index (κ3) is 3.96. The van der Waals surface area contributed by atoms with E-state index in [1.54, 1.807) is 19.1 Å². The van der Waals surface area contributed by atoms with Gasteiger partial charge in [0.1, 0.15) is 11.3 Å². The first-order chi connectivity index (χ1) is 14.4. The Morgan fingerprint density at radius 3 is 2.60 bits per heavy atom. The van der Waals surface area contributed by atoms with Crippen LogP contribution in [0.2, 0.25) is 0 Å². The molecule has 156 valence electrons. The van der Waals surface area contributed by atoms with Gasteiger partial charge in [-0.25, -0.2) is 19.2 Å². The molecule has 1 aromatic carbocycles. The quantitative estimate of drug-likeness (QED) is 0.582. The minimum atomic E-state index is -1.11. The number of nitrogen functional groups attached to an aromatic ring is 1. The summed E-state index contributed by atoms with van der Waals surface area (Å²) < 4.78 is 19.2. The van der Waals surface area contributed by atoms with Crippen LogP contribution in [0.4, 0.5) is 16.0 Å². The summed E-state index contributed by atoms with van der Waals surface area (Å²) in [7, 11) is 0. The predicted octanol–water partition coefficient (Wildman–Crippen LogP) is 3.55. The third-order valence-electron chi connectivity index (χ3n) is 5.33. The lowest BCUT2D eigenvalue weighted by Crippen LogP contribution is -2.31. The van der Waals surface area contributed by atoms with Crippen molar-refractivity contribution >= 4 is 28.5 Å². The highest BCUT2D eigenvalue weighted by atomic mass is 19.1.